The summed E-state index contributed by atoms with van der Waals surface area (Å²) in [7, 11) is 4.52. The Balaban J connectivity index is 2.05. The molecule has 0 saturated heterocycles. The average molecular weight is 563 g/mol. The number of esters is 1. The summed E-state index contributed by atoms with van der Waals surface area (Å²) >= 11 is 0. The fourth-order valence-electron chi connectivity index (χ4n) is 4.06. The van der Waals surface area contributed by atoms with Crippen molar-refractivity contribution in [2.45, 2.75) is 45.9 Å². The van der Waals surface area contributed by atoms with Crippen LogP contribution in [-0.2, 0) is 46.9 Å². The standard InChI is InChI=1S/C25H34N6O9/c1-14-7-17-18(8-15(14)2)31(25(35)23(26-17)24-27-28-29-30(24)4)10-19(39-12-36-5)16(3)20(40-13-37-6)11-38-22(34)9-21(32)33/h7-8,16,19-20H,9-13H2,1-6H3,(H,32,33)/t16-,19-,20+/m0/s1. The van der Waals surface area contributed by atoms with E-state index in [1.165, 1.54) is 18.9 Å². The molecular formula is C25H34N6O9. The van der Waals surface area contributed by atoms with E-state index in [0.29, 0.717) is 11.0 Å². The molecule has 15 heteroatoms. The second-order valence-electron chi connectivity index (χ2n) is 9.26. The lowest BCUT2D eigenvalue weighted by atomic mass is 9.97. The van der Waals surface area contributed by atoms with E-state index in [2.05, 4.69) is 20.5 Å². The predicted octanol–water partition coefficient (Wildman–Crippen LogP) is 0.836. The quantitative estimate of drug-likeness (QED) is 0.157. The van der Waals surface area contributed by atoms with Crippen molar-refractivity contribution in [1.29, 1.82) is 0 Å². The monoisotopic (exact) mass is 562 g/mol. The topological polar surface area (TPSA) is 179 Å². The van der Waals surface area contributed by atoms with Gasteiger partial charge in [0.25, 0.3) is 5.56 Å². The van der Waals surface area contributed by atoms with E-state index in [4.69, 9.17) is 28.8 Å². The highest BCUT2D eigenvalue weighted by atomic mass is 16.7. The van der Waals surface area contributed by atoms with Crippen LogP contribution in [-0.4, -0.2) is 93.4 Å². The smallest absolute Gasteiger partial charge is 0.317 e. The number of aryl methyl sites for hydroxylation is 3. The fraction of sp³-hybridized carbons (Fsp3) is 0.560. The molecule has 1 N–H and O–H groups in total. The third kappa shape index (κ3) is 7.44. The Kier molecular flexibility index (Phi) is 10.8. The lowest BCUT2D eigenvalue weighted by Gasteiger charge is -2.31. The molecule has 3 rings (SSSR count). The number of carboxylic acid groups (broad SMARTS) is 1. The van der Waals surface area contributed by atoms with Crippen LogP contribution in [0.3, 0.4) is 0 Å². The normalized spacial score (nSPS) is 13.8. The van der Waals surface area contributed by atoms with Crippen molar-refractivity contribution >= 4 is 23.0 Å². The Morgan fingerprint density at radius 3 is 2.30 bits per heavy atom. The zero-order chi connectivity index (χ0) is 29.4. The number of hydrogen-bond acceptors (Lipinski definition) is 12. The summed E-state index contributed by atoms with van der Waals surface area (Å²) in [5, 5.41) is 20.3. The van der Waals surface area contributed by atoms with Crippen LogP contribution in [0.2, 0.25) is 0 Å². The molecule has 0 amide bonds. The summed E-state index contributed by atoms with van der Waals surface area (Å²) < 4.78 is 30.0. The fourth-order valence-corrected chi connectivity index (χ4v) is 4.06. The maximum absolute atomic E-state index is 13.8. The summed E-state index contributed by atoms with van der Waals surface area (Å²) in [6.07, 6.45) is -2.25. The number of rotatable bonds is 15. The van der Waals surface area contributed by atoms with Gasteiger partial charge >= 0.3 is 11.9 Å². The summed E-state index contributed by atoms with van der Waals surface area (Å²) in [5.74, 6) is -2.52. The van der Waals surface area contributed by atoms with Gasteiger partial charge in [-0.25, -0.2) is 9.67 Å². The molecule has 3 aromatic rings. The lowest BCUT2D eigenvalue weighted by molar-refractivity contribution is -0.170. The first-order valence-corrected chi connectivity index (χ1v) is 12.4. The number of methoxy groups -OCH3 is 2. The molecular weight excluding hydrogens is 528 g/mol. The Hall–Kier alpha value is -3.79. The van der Waals surface area contributed by atoms with E-state index in [1.807, 2.05) is 26.0 Å². The predicted molar refractivity (Wildman–Crippen MR) is 139 cm³/mol. The van der Waals surface area contributed by atoms with Gasteiger partial charge in [0.05, 0.1) is 29.8 Å². The Labute approximate surface area is 229 Å². The highest BCUT2D eigenvalue weighted by molar-refractivity contribution is 5.90. The molecule has 3 atom stereocenters. The molecule has 0 fully saturated rings. The second-order valence-corrected chi connectivity index (χ2v) is 9.26. The van der Waals surface area contributed by atoms with Crippen LogP contribution < -0.4 is 5.56 Å². The zero-order valence-corrected chi connectivity index (χ0v) is 23.3. The van der Waals surface area contributed by atoms with Gasteiger partial charge in [-0.15, -0.1) is 5.10 Å². The summed E-state index contributed by atoms with van der Waals surface area (Å²) in [6.45, 7) is 5.24. The molecule has 0 aliphatic heterocycles. The minimum absolute atomic E-state index is 0.0407. The maximum Gasteiger partial charge on any atom is 0.317 e. The van der Waals surface area contributed by atoms with Crippen LogP contribution in [0.4, 0.5) is 0 Å². The van der Waals surface area contributed by atoms with E-state index >= 15 is 0 Å². The van der Waals surface area contributed by atoms with Gasteiger partial charge in [0.15, 0.2) is 5.69 Å². The molecule has 218 valence electrons. The number of nitrogens with zero attached hydrogens (tertiary/aromatic N) is 6. The van der Waals surface area contributed by atoms with Crippen LogP contribution in [0.1, 0.15) is 24.5 Å². The van der Waals surface area contributed by atoms with Gasteiger partial charge < -0.3 is 33.4 Å². The van der Waals surface area contributed by atoms with E-state index < -0.39 is 42.0 Å². The molecule has 2 aromatic heterocycles. The van der Waals surface area contributed by atoms with Gasteiger partial charge in [-0.2, -0.15) is 0 Å². The molecule has 0 radical (unpaired) electrons. The van der Waals surface area contributed by atoms with E-state index in [-0.39, 0.29) is 38.3 Å². The summed E-state index contributed by atoms with van der Waals surface area (Å²) in [6, 6.07) is 3.76. The van der Waals surface area contributed by atoms with Crippen molar-refractivity contribution in [2.24, 2.45) is 13.0 Å². The van der Waals surface area contributed by atoms with Crippen LogP contribution >= 0.6 is 0 Å². The third-order valence-corrected chi connectivity index (χ3v) is 6.43. The van der Waals surface area contributed by atoms with E-state index in [9.17, 15) is 14.4 Å². The number of aliphatic carboxylic acids is 1. The zero-order valence-electron chi connectivity index (χ0n) is 23.3. The number of ether oxygens (including phenoxy) is 5. The number of tetrazole rings is 1. The van der Waals surface area contributed by atoms with Crippen molar-refractivity contribution in [1.82, 2.24) is 29.8 Å². The van der Waals surface area contributed by atoms with Crippen LogP contribution in [0, 0.1) is 19.8 Å². The van der Waals surface area contributed by atoms with Gasteiger partial charge in [0.1, 0.15) is 26.6 Å². The first-order chi connectivity index (χ1) is 19.1. The first kappa shape index (κ1) is 30.7. The number of carbonyl (C=O) groups is 2. The van der Waals surface area contributed by atoms with Gasteiger partial charge in [0, 0.05) is 27.2 Å². The Morgan fingerprint density at radius 2 is 1.70 bits per heavy atom. The number of fused-ring (bicyclic) bond motifs is 1. The Morgan fingerprint density at radius 1 is 1.05 bits per heavy atom. The number of benzene rings is 1. The van der Waals surface area contributed by atoms with Crippen molar-refractivity contribution in [3.63, 3.8) is 0 Å². The largest absolute Gasteiger partial charge is 0.481 e. The number of carbonyl (C=O) groups excluding carboxylic acids is 1. The van der Waals surface area contributed by atoms with Crippen molar-refractivity contribution in [3.05, 3.63) is 33.6 Å². The van der Waals surface area contributed by atoms with Crippen LogP contribution in [0.25, 0.3) is 22.6 Å². The number of carboxylic acids is 1. The van der Waals surface area contributed by atoms with Crippen molar-refractivity contribution in [2.75, 3.05) is 34.4 Å². The molecule has 0 aliphatic carbocycles. The van der Waals surface area contributed by atoms with Gasteiger partial charge in [-0.3, -0.25) is 14.4 Å². The first-order valence-electron chi connectivity index (χ1n) is 12.4. The number of hydrogen-bond donors (Lipinski definition) is 1. The highest BCUT2D eigenvalue weighted by Crippen LogP contribution is 2.23. The molecule has 0 aliphatic rings. The molecule has 1 aromatic carbocycles. The molecule has 0 unspecified atom stereocenters. The van der Waals surface area contributed by atoms with E-state index in [0.717, 1.165) is 11.1 Å². The van der Waals surface area contributed by atoms with Gasteiger partial charge in [0.2, 0.25) is 5.82 Å². The lowest BCUT2D eigenvalue weighted by Crippen LogP contribution is -2.42. The molecule has 0 spiro atoms. The average Bonchev–Trinajstić information content (AvgIpc) is 3.33. The van der Waals surface area contributed by atoms with Crippen LogP contribution in [0.5, 0.6) is 0 Å². The maximum atomic E-state index is 13.8. The van der Waals surface area contributed by atoms with Crippen LogP contribution in [0.15, 0.2) is 16.9 Å². The third-order valence-electron chi connectivity index (χ3n) is 6.43. The molecule has 0 saturated carbocycles. The van der Waals surface area contributed by atoms with Crippen molar-refractivity contribution < 1.29 is 38.4 Å². The SMILES string of the molecule is COCO[C@@H](Cn1c(=O)c(-c2nnnn2C)nc2cc(C)c(C)cc21)[C@H](C)[C@@H](COC(=O)CC(=O)O)OCOC. The molecule has 15 nitrogen and oxygen atoms in total. The van der Waals surface area contributed by atoms with Crippen molar-refractivity contribution in [3.8, 4) is 11.5 Å². The summed E-state index contributed by atoms with van der Waals surface area (Å²) in [5.41, 5.74) is 2.72. The minimum Gasteiger partial charge on any atom is -0.481 e. The molecule has 2 heterocycles. The van der Waals surface area contributed by atoms with Gasteiger partial charge in [-0.05, 0) is 47.5 Å². The molecule has 40 heavy (non-hydrogen) atoms. The summed E-state index contributed by atoms with van der Waals surface area (Å²) in [4.78, 5) is 41.2. The van der Waals surface area contributed by atoms with Gasteiger partial charge in [-0.1, -0.05) is 6.92 Å². The number of aromatic nitrogens is 6. The van der Waals surface area contributed by atoms with E-state index in [1.54, 1.807) is 18.5 Å². The minimum atomic E-state index is -1.31. The highest BCUT2D eigenvalue weighted by Gasteiger charge is 2.31. The molecule has 0 bridgehead atoms. The second kappa shape index (κ2) is 14.0. The Bertz CT molecular complexity index is 1390.